The zero-order chi connectivity index (χ0) is 19.2. The lowest BCUT2D eigenvalue weighted by Gasteiger charge is -2.40. The zero-order valence-electron chi connectivity index (χ0n) is 15.7. The van der Waals surface area contributed by atoms with E-state index in [9.17, 15) is 9.59 Å². The fourth-order valence-electron chi connectivity index (χ4n) is 2.32. The number of rotatable bonds is 7. The molecule has 0 aromatic carbocycles. The summed E-state index contributed by atoms with van der Waals surface area (Å²) in [6, 6.07) is 3.38. The van der Waals surface area contributed by atoms with E-state index in [0.29, 0.717) is 38.7 Å². The van der Waals surface area contributed by atoms with Gasteiger partial charge in [-0.25, -0.2) is 4.79 Å². The first kappa shape index (κ1) is 19.9. The number of carbonyl (C=O) groups is 2. The molecule has 1 aromatic rings. The fourth-order valence-corrected chi connectivity index (χ4v) is 2.32. The first-order valence-corrected chi connectivity index (χ1v) is 8.72. The number of hydrogen-bond acceptors (Lipinski definition) is 7. The fraction of sp³-hybridized carbons (Fsp3) is 0.647. The van der Waals surface area contributed by atoms with Crippen LogP contribution in [-0.2, 0) is 9.47 Å². The lowest BCUT2D eigenvalue weighted by atomic mass is 10.1. The highest BCUT2D eigenvalue weighted by molar-refractivity contribution is 5.92. The molecule has 0 spiro atoms. The molecular weight excluding hydrogens is 338 g/mol. The van der Waals surface area contributed by atoms with Crippen molar-refractivity contribution in [3.05, 3.63) is 17.8 Å². The number of alkyl carbamates (subject to hydrolysis) is 1. The molecule has 0 saturated carbocycles. The molecule has 2 N–H and O–H groups in total. The molecule has 1 saturated heterocycles. The molecule has 1 aliphatic heterocycles. The first-order valence-electron chi connectivity index (χ1n) is 8.72. The maximum absolute atomic E-state index is 11.9. The zero-order valence-corrected chi connectivity index (χ0v) is 15.7. The molecule has 0 radical (unpaired) electrons. The Bertz CT molecular complexity index is 609. The molecule has 26 heavy (non-hydrogen) atoms. The quantitative estimate of drug-likeness (QED) is 0.693. The summed E-state index contributed by atoms with van der Waals surface area (Å²) in [4.78, 5) is 25.6. The maximum Gasteiger partial charge on any atom is 0.407 e. The molecule has 0 aliphatic carbocycles. The van der Waals surface area contributed by atoms with E-state index in [4.69, 9.17) is 9.47 Å². The smallest absolute Gasteiger partial charge is 0.407 e. The van der Waals surface area contributed by atoms with E-state index in [1.54, 1.807) is 12.1 Å². The number of hydrogen-bond donors (Lipinski definition) is 2. The molecule has 0 unspecified atom stereocenters. The van der Waals surface area contributed by atoms with Crippen LogP contribution in [0.1, 0.15) is 38.2 Å². The van der Waals surface area contributed by atoms with Gasteiger partial charge in [-0.05, 0) is 39.8 Å². The molecule has 2 amide bonds. The van der Waals surface area contributed by atoms with Crippen molar-refractivity contribution in [1.82, 2.24) is 20.8 Å². The van der Waals surface area contributed by atoms with Crippen molar-refractivity contribution in [1.29, 1.82) is 0 Å². The average Bonchev–Trinajstić information content (AvgIpc) is 2.53. The van der Waals surface area contributed by atoms with Gasteiger partial charge in [0.25, 0.3) is 5.91 Å². The van der Waals surface area contributed by atoms with E-state index in [1.165, 1.54) is 0 Å². The Morgan fingerprint density at radius 2 is 2.00 bits per heavy atom. The number of anilines is 1. The molecule has 0 bridgehead atoms. The Balaban J connectivity index is 1.75. The van der Waals surface area contributed by atoms with Gasteiger partial charge in [-0.2, -0.15) is 0 Å². The van der Waals surface area contributed by atoms with Crippen molar-refractivity contribution in [3.8, 4) is 0 Å². The van der Waals surface area contributed by atoms with Crippen LogP contribution in [0.15, 0.2) is 12.1 Å². The normalized spacial score (nSPS) is 14.5. The summed E-state index contributed by atoms with van der Waals surface area (Å²) in [5, 5.41) is 13.6. The van der Waals surface area contributed by atoms with Crippen LogP contribution in [0, 0.1) is 0 Å². The van der Waals surface area contributed by atoms with Crippen LogP contribution >= 0.6 is 0 Å². The third-order valence-electron chi connectivity index (χ3n) is 3.55. The second-order valence-electron chi connectivity index (χ2n) is 6.98. The van der Waals surface area contributed by atoms with Gasteiger partial charge in [0, 0.05) is 26.2 Å². The van der Waals surface area contributed by atoms with Crippen molar-refractivity contribution in [2.24, 2.45) is 0 Å². The summed E-state index contributed by atoms with van der Waals surface area (Å²) in [6.45, 7) is 10.1. The van der Waals surface area contributed by atoms with Crippen molar-refractivity contribution in [2.75, 3.05) is 37.7 Å². The molecule has 9 heteroatoms. The number of aromatic nitrogens is 2. The van der Waals surface area contributed by atoms with Crippen LogP contribution in [-0.4, -0.2) is 66.7 Å². The Kier molecular flexibility index (Phi) is 6.73. The van der Waals surface area contributed by atoms with Gasteiger partial charge in [-0.1, -0.05) is 0 Å². The van der Waals surface area contributed by atoms with E-state index >= 15 is 0 Å². The van der Waals surface area contributed by atoms with Crippen LogP contribution in [0.2, 0.25) is 0 Å². The Morgan fingerprint density at radius 3 is 2.58 bits per heavy atom. The summed E-state index contributed by atoms with van der Waals surface area (Å²) >= 11 is 0. The maximum atomic E-state index is 11.9. The molecule has 1 aromatic heterocycles. The van der Waals surface area contributed by atoms with Crippen LogP contribution < -0.4 is 15.5 Å². The second-order valence-corrected chi connectivity index (χ2v) is 6.98. The number of nitrogens with zero attached hydrogens (tertiary/aromatic N) is 3. The molecule has 1 aliphatic rings. The summed E-state index contributed by atoms with van der Waals surface area (Å²) in [7, 11) is 0. The van der Waals surface area contributed by atoms with Crippen molar-refractivity contribution >= 4 is 17.8 Å². The van der Waals surface area contributed by atoms with Gasteiger partial charge in [0.05, 0.1) is 12.6 Å². The topological polar surface area (TPSA) is 106 Å². The number of nitrogens with one attached hydrogen (secondary N) is 2. The minimum absolute atomic E-state index is 0.00758. The molecule has 144 valence electrons. The number of carbonyl (C=O) groups excluding carboxylic acids is 2. The van der Waals surface area contributed by atoms with Crippen LogP contribution in [0.3, 0.4) is 0 Å². The second kappa shape index (κ2) is 8.79. The SMILES string of the molecule is CCOCCNC(=O)c1ccc(N2CC(NC(=O)OC(C)(C)C)C2)nn1. The number of amides is 2. The van der Waals surface area contributed by atoms with Gasteiger partial charge in [0.2, 0.25) is 0 Å². The lowest BCUT2D eigenvalue weighted by Crippen LogP contribution is -2.60. The summed E-state index contributed by atoms with van der Waals surface area (Å²) in [6.07, 6.45) is -0.424. The van der Waals surface area contributed by atoms with Crippen molar-refractivity contribution in [2.45, 2.75) is 39.3 Å². The molecule has 0 atom stereocenters. The third-order valence-corrected chi connectivity index (χ3v) is 3.55. The minimum atomic E-state index is -0.516. The summed E-state index contributed by atoms with van der Waals surface area (Å²) < 4.78 is 10.4. The van der Waals surface area contributed by atoms with Gasteiger partial charge in [-0.3, -0.25) is 4.79 Å². The van der Waals surface area contributed by atoms with Crippen molar-refractivity contribution in [3.63, 3.8) is 0 Å². The minimum Gasteiger partial charge on any atom is -0.444 e. The van der Waals surface area contributed by atoms with Crippen LogP contribution in [0.4, 0.5) is 10.6 Å². The van der Waals surface area contributed by atoms with Crippen molar-refractivity contribution < 1.29 is 19.1 Å². The Morgan fingerprint density at radius 1 is 1.27 bits per heavy atom. The molecule has 9 nitrogen and oxygen atoms in total. The van der Waals surface area contributed by atoms with E-state index < -0.39 is 11.7 Å². The molecule has 2 rings (SSSR count). The van der Waals surface area contributed by atoms with Gasteiger partial charge in [0.15, 0.2) is 11.5 Å². The summed E-state index contributed by atoms with van der Waals surface area (Å²) in [5.41, 5.74) is -0.257. The summed E-state index contributed by atoms with van der Waals surface area (Å²) in [5.74, 6) is 0.384. The lowest BCUT2D eigenvalue weighted by molar-refractivity contribution is 0.0495. The van der Waals surface area contributed by atoms with Gasteiger partial charge in [0.1, 0.15) is 5.60 Å². The molecule has 1 fully saturated rings. The highest BCUT2D eigenvalue weighted by Crippen LogP contribution is 2.18. The van der Waals surface area contributed by atoms with E-state index in [-0.39, 0.29) is 17.6 Å². The largest absolute Gasteiger partial charge is 0.444 e. The van der Waals surface area contributed by atoms with E-state index in [0.717, 1.165) is 0 Å². The van der Waals surface area contributed by atoms with Gasteiger partial charge >= 0.3 is 6.09 Å². The number of ether oxygens (including phenoxy) is 2. The highest BCUT2D eigenvalue weighted by Gasteiger charge is 2.30. The van der Waals surface area contributed by atoms with Gasteiger partial charge < -0.3 is 25.0 Å². The molecular formula is C17H27N5O4. The average molecular weight is 365 g/mol. The third kappa shape index (κ3) is 6.14. The first-order chi connectivity index (χ1) is 12.3. The predicted octanol–water partition coefficient (Wildman–Crippen LogP) is 0.956. The standard InChI is InChI=1S/C17H27N5O4/c1-5-25-9-8-18-15(23)13-6-7-14(21-20-13)22-10-12(11-22)19-16(24)26-17(2,3)4/h6-7,12H,5,8-11H2,1-4H3,(H,18,23)(H,19,24). The van der Waals surface area contributed by atoms with Crippen LogP contribution in [0.5, 0.6) is 0 Å². The Hall–Kier alpha value is -2.42. The predicted molar refractivity (Wildman–Crippen MR) is 96.2 cm³/mol. The van der Waals surface area contributed by atoms with E-state index in [1.807, 2.05) is 32.6 Å². The molecule has 2 heterocycles. The Labute approximate surface area is 153 Å². The monoisotopic (exact) mass is 365 g/mol. The highest BCUT2D eigenvalue weighted by atomic mass is 16.6. The van der Waals surface area contributed by atoms with Gasteiger partial charge in [-0.15, -0.1) is 10.2 Å². The van der Waals surface area contributed by atoms with E-state index in [2.05, 4.69) is 20.8 Å². The van der Waals surface area contributed by atoms with Crippen LogP contribution in [0.25, 0.3) is 0 Å².